The number of nitrogens with zero attached hydrogens (tertiary/aromatic N) is 1. The lowest BCUT2D eigenvalue weighted by Gasteiger charge is -2.44. The van der Waals surface area contributed by atoms with Crippen molar-refractivity contribution in [3.05, 3.63) is 23.4 Å². The molecule has 1 fully saturated rings. The number of hydrogen-bond acceptors (Lipinski definition) is 3. The summed E-state index contributed by atoms with van der Waals surface area (Å²) in [6.45, 7) is 3.37. The average molecular weight is 237 g/mol. The first-order chi connectivity index (χ1) is 7.99. The monoisotopic (exact) mass is 237 g/mol. The molecule has 0 unspecified atom stereocenters. The van der Waals surface area contributed by atoms with E-state index >= 15 is 0 Å². The Morgan fingerprint density at radius 3 is 2.71 bits per heavy atom. The second kappa shape index (κ2) is 4.00. The van der Waals surface area contributed by atoms with E-state index in [2.05, 4.69) is 0 Å². The molecule has 2 aliphatic rings. The molecule has 0 bridgehead atoms. The van der Waals surface area contributed by atoms with Gasteiger partial charge in [-0.25, -0.2) is 4.79 Å². The van der Waals surface area contributed by atoms with Crippen molar-refractivity contribution < 1.29 is 19.8 Å². The fourth-order valence-electron chi connectivity index (χ4n) is 2.65. The van der Waals surface area contributed by atoms with Gasteiger partial charge in [-0.05, 0) is 25.8 Å². The van der Waals surface area contributed by atoms with Crippen LogP contribution in [0.3, 0.4) is 0 Å². The minimum absolute atomic E-state index is 0.0648. The topological polar surface area (TPSA) is 77.8 Å². The third kappa shape index (κ3) is 1.58. The van der Waals surface area contributed by atoms with Crippen LogP contribution in [-0.2, 0) is 9.59 Å². The lowest BCUT2D eigenvalue weighted by atomic mass is 9.83. The summed E-state index contributed by atoms with van der Waals surface area (Å²) >= 11 is 0. The van der Waals surface area contributed by atoms with Gasteiger partial charge in [0.2, 0.25) is 5.91 Å². The molecule has 0 saturated carbocycles. The normalized spacial score (nSPS) is 29.6. The van der Waals surface area contributed by atoms with E-state index in [-0.39, 0.29) is 17.6 Å². The lowest BCUT2D eigenvalue weighted by Crippen LogP contribution is -2.61. The van der Waals surface area contributed by atoms with Crippen molar-refractivity contribution in [1.82, 2.24) is 4.90 Å². The molecule has 3 atom stereocenters. The summed E-state index contributed by atoms with van der Waals surface area (Å²) in [6, 6.07) is -0.195. The van der Waals surface area contributed by atoms with Crippen LogP contribution in [0, 0.1) is 5.92 Å². The second-order valence-corrected chi connectivity index (χ2v) is 4.43. The number of aliphatic carboxylic acids is 1. The molecule has 1 saturated heterocycles. The van der Waals surface area contributed by atoms with E-state index in [1.807, 2.05) is 0 Å². The molecule has 0 aromatic heterocycles. The zero-order chi connectivity index (χ0) is 12.7. The molecule has 2 heterocycles. The predicted octanol–water partition coefficient (Wildman–Crippen LogP) is 0.513. The van der Waals surface area contributed by atoms with Gasteiger partial charge in [-0.2, -0.15) is 0 Å². The van der Waals surface area contributed by atoms with Gasteiger partial charge >= 0.3 is 5.97 Å². The third-order valence-corrected chi connectivity index (χ3v) is 3.33. The van der Waals surface area contributed by atoms with Crippen LogP contribution in [0.5, 0.6) is 0 Å². The highest BCUT2D eigenvalue weighted by Gasteiger charge is 2.56. The van der Waals surface area contributed by atoms with E-state index in [1.54, 1.807) is 26.0 Å². The lowest BCUT2D eigenvalue weighted by molar-refractivity contribution is -0.161. The number of rotatable bonds is 3. The van der Waals surface area contributed by atoms with Gasteiger partial charge < -0.3 is 15.1 Å². The summed E-state index contributed by atoms with van der Waals surface area (Å²) in [4.78, 5) is 24.2. The van der Waals surface area contributed by atoms with Gasteiger partial charge in [-0.3, -0.25) is 4.79 Å². The van der Waals surface area contributed by atoms with Crippen LogP contribution in [0.2, 0.25) is 0 Å². The Hall–Kier alpha value is -1.62. The van der Waals surface area contributed by atoms with Crippen molar-refractivity contribution in [3.63, 3.8) is 0 Å². The van der Waals surface area contributed by atoms with Crippen molar-refractivity contribution >= 4 is 11.9 Å². The molecule has 0 aliphatic carbocycles. The first-order valence-corrected chi connectivity index (χ1v) is 5.59. The van der Waals surface area contributed by atoms with Crippen molar-refractivity contribution in [2.45, 2.75) is 32.4 Å². The molecule has 0 aromatic carbocycles. The number of allylic oxidation sites excluding steroid dienone is 2. The summed E-state index contributed by atoms with van der Waals surface area (Å²) in [5, 5.41) is 18.6. The fourth-order valence-corrected chi connectivity index (χ4v) is 2.65. The predicted molar refractivity (Wildman–Crippen MR) is 59.9 cm³/mol. The summed E-state index contributed by atoms with van der Waals surface area (Å²) in [7, 11) is 0. The van der Waals surface area contributed by atoms with Crippen LogP contribution in [0.25, 0.3) is 0 Å². The number of carbonyl (C=O) groups is 2. The highest BCUT2D eigenvalue weighted by Crippen LogP contribution is 2.43. The Morgan fingerprint density at radius 1 is 1.59 bits per heavy atom. The summed E-state index contributed by atoms with van der Waals surface area (Å²) < 4.78 is 0. The highest BCUT2D eigenvalue weighted by molar-refractivity contribution is 6.00. The quantitative estimate of drug-likeness (QED) is 0.701. The molecule has 0 radical (unpaired) electrons. The van der Waals surface area contributed by atoms with Crippen molar-refractivity contribution in [2.75, 3.05) is 0 Å². The maximum absolute atomic E-state index is 11.8. The van der Waals surface area contributed by atoms with Crippen molar-refractivity contribution in [2.24, 2.45) is 5.92 Å². The van der Waals surface area contributed by atoms with E-state index in [9.17, 15) is 14.7 Å². The van der Waals surface area contributed by atoms with E-state index in [0.717, 1.165) is 0 Å². The molecule has 0 aromatic rings. The fraction of sp³-hybridized carbons (Fsp3) is 0.500. The first kappa shape index (κ1) is 11.9. The standard InChI is InChI=1S/C12H15NO4/c1-3-4-7-5-8-9(6(2)14)11(15)13(8)10(7)12(16)17/h3-4,6,8-9,14H,5H2,1-2H3,(H,16,17)/t6-,8-,9-/m1/s1. The molecule has 5 heteroatoms. The molecule has 5 nitrogen and oxygen atoms in total. The summed E-state index contributed by atoms with van der Waals surface area (Å²) in [6.07, 6.45) is 3.25. The summed E-state index contributed by atoms with van der Waals surface area (Å²) in [5.74, 6) is -1.84. The summed E-state index contributed by atoms with van der Waals surface area (Å²) in [5.41, 5.74) is 0.719. The molecule has 1 amide bonds. The van der Waals surface area contributed by atoms with Crippen LogP contribution in [-0.4, -0.2) is 39.1 Å². The molecule has 17 heavy (non-hydrogen) atoms. The molecule has 0 spiro atoms. The molecular weight excluding hydrogens is 222 g/mol. The Labute approximate surface area is 99.0 Å². The third-order valence-electron chi connectivity index (χ3n) is 3.33. The van der Waals surface area contributed by atoms with E-state index in [0.29, 0.717) is 12.0 Å². The zero-order valence-corrected chi connectivity index (χ0v) is 9.75. The van der Waals surface area contributed by atoms with Gasteiger partial charge in [0.05, 0.1) is 18.1 Å². The number of amides is 1. The number of carboxylic acids is 1. The number of hydrogen-bond donors (Lipinski definition) is 2. The number of fused-ring (bicyclic) bond motifs is 1. The van der Waals surface area contributed by atoms with Crippen LogP contribution < -0.4 is 0 Å². The van der Waals surface area contributed by atoms with Crippen LogP contribution in [0.4, 0.5) is 0 Å². The van der Waals surface area contributed by atoms with Crippen molar-refractivity contribution in [3.8, 4) is 0 Å². The van der Waals surface area contributed by atoms with Gasteiger partial charge in [-0.1, -0.05) is 12.2 Å². The molecule has 2 aliphatic heterocycles. The molecular formula is C12H15NO4. The average Bonchev–Trinajstić information content (AvgIpc) is 2.53. The van der Waals surface area contributed by atoms with Gasteiger partial charge in [0, 0.05) is 0 Å². The minimum Gasteiger partial charge on any atom is -0.477 e. The number of aliphatic hydroxyl groups excluding tert-OH is 1. The molecule has 2 N–H and O–H groups in total. The minimum atomic E-state index is -1.09. The molecule has 92 valence electrons. The maximum atomic E-state index is 11.8. The Balaban J connectivity index is 2.33. The van der Waals surface area contributed by atoms with Crippen molar-refractivity contribution in [1.29, 1.82) is 0 Å². The second-order valence-electron chi connectivity index (χ2n) is 4.43. The van der Waals surface area contributed by atoms with Gasteiger partial charge in [-0.15, -0.1) is 0 Å². The number of β-lactam (4-membered cyclic amide) rings is 1. The van der Waals surface area contributed by atoms with Gasteiger partial charge in [0.15, 0.2) is 0 Å². The Bertz CT molecular complexity index is 436. The van der Waals surface area contributed by atoms with Gasteiger partial charge in [0.25, 0.3) is 0 Å². The maximum Gasteiger partial charge on any atom is 0.352 e. The zero-order valence-electron chi connectivity index (χ0n) is 9.75. The van der Waals surface area contributed by atoms with Gasteiger partial charge in [0.1, 0.15) is 5.70 Å². The first-order valence-electron chi connectivity index (χ1n) is 5.59. The molecule has 2 rings (SSSR count). The number of carbonyl (C=O) groups excluding carboxylic acids is 1. The number of aliphatic hydroxyl groups is 1. The van der Waals surface area contributed by atoms with Crippen LogP contribution in [0.15, 0.2) is 23.4 Å². The smallest absolute Gasteiger partial charge is 0.352 e. The largest absolute Gasteiger partial charge is 0.477 e. The Kier molecular flexibility index (Phi) is 2.79. The number of carboxylic acid groups (broad SMARTS) is 1. The Morgan fingerprint density at radius 2 is 2.24 bits per heavy atom. The van der Waals surface area contributed by atoms with E-state index in [1.165, 1.54) is 4.90 Å². The van der Waals surface area contributed by atoms with E-state index in [4.69, 9.17) is 5.11 Å². The van der Waals surface area contributed by atoms with E-state index < -0.39 is 18.0 Å². The van der Waals surface area contributed by atoms with Crippen LogP contribution in [0.1, 0.15) is 20.3 Å². The SMILES string of the molecule is CC=CC1=C(C(=O)O)N2C(=O)[C@H]([C@@H](C)O)[C@H]2C1. The van der Waals surface area contributed by atoms with Crippen LogP contribution >= 0.6 is 0 Å². The highest BCUT2D eigenvalue weighted by atomic mass is 16.4.